The van der Waals surface area contributed by atoms with Crippen LogP contribution in [-0.2, 0) is 11.0 Å². The van der Waals surface area contributed by atoms with E-state index in [9.17, 15) is 22.8 Å². The number of carbonyl (C=O) groups is 2. The largest absolute Gasteiger partial charge is 0.435 e. The number of alkyl halides is 3. The number of ether oxygens (including phenoxy) is 1. The fourth-order valence-corrected chi connectivity index (χ4v) is 1.61. The van der Waals surface area contributed by atoms with E-state index in [2.05, 4.69) is 9.84 Å². The molecule has 0 aliphatic rings. The van der Waals surface area contributed by atoms with Gasteiger partial charge in [0.2, 0.25) is 11.8 Å². The van der Waals surface area contributed by atoms with Crippen LogP contribution in [0.3, 0.4) is 0 Å². The Bertz CT molecular complexity index is 695. The summed E-state index contributed by atoms with van der Waals surface area (Å²) in [5.41, 5.74) is 4.04. The molecule has 6 nitrogen and oxygen atoms in total. The minimum atomic E-state index is -4.70. The molecule has 21 heavy (non-hydrogen) atoms. The Morgan fingerprint density at radius 3 is 2.62 bits per heavy atom. The molecule has 0 aliphatic heterocycles. The summed E-state index contributed by atoms with van der Waals surface area (Å²) in [7, 11) is 0. The van der Waals surface area contributed by atoms with Gasteiger partial charge in [-0.2, -0.15) is 18.3 Å². The van der Waals surface area contributed by atoms with Crippen molar-refractivity contribution in [2.45, 2.75) is 6.18 Å². The van der Waals surface area contributed by atoms with Crippen LogP contribution in [0.15, 0.2) is 30.3 Å². The number of aromatic nitrogens is 2. The highest BCUT2D eigenvalue weighted by Gasteiger charge is 2.35. The Morgan fingerprint density at radius 1 is 1.33 bits per heavy atom. The zero-order valence-electron chi connectivity index (χ0n) is 10.3. The van der Waals surface area contributed by atoms with Gasteiger partial charge in [-0.25, -0.2) is 4.68 Å². The van der Waals surface area contributed by atoms with Crippen molar-refractivity contribution in [2.75, 3.05) is 0 Å². The highest BCUT2D eigenvalue weighted by atomic mass is 19.4. The number of benzene rings is 1. The minimum Gasteiger partial charge on any atom is -0.410 e. The van der Waals surface area contributed by atoms with Gasteiger partial charge in [-0.05, 0) is 18.2 Å². The number of hydrogen-bond donors (Lipinski definition) is 1. The second kappa shape index (κ2) is 5.27. The standard InChI is InChI=1S/C12H8F3N3O3/c13-12(14,15)9-5-10(21-6-19)18(17-9)8-3-1-2-7(4-8)11(16)20/h1-6H,(H2,16,20). The van der Waals surface area contributed by atoms with Crippen molar-refractivity contribution in [2.24, 2.45) is 5.73 Å². The maximum atomic E-state index is 12.7. The third kappa shape index (κ3) is 3.02. The molecule has 2 N–H and O–H groups in total. The van der Waals surface area contributed by atoms with Gasteiger partial charge in [0.05, 0.1) is 5.69 Å². The van der Waals surface area contributed by atoms with E-state index in [1.54, 1.807) is 0 Å². The first kappa shape index (κ1) is 14.6. The van der Waals surface area contributed by atoms with Gasteiger partial charge in [0, 0.05) is 11.6 Å². The fraction of sp³-hybridized carbons (Fsp3) is 0.0833. The SMILES string of the molecule is NC(=O)c1cccc(-n2nc(C(F)(F)F)cc2OC=O)c1. The molecule has 1 aromatic carbocycles. The summed E-state index contributed by atoms with van der Waals surface area (Å²) in [4.78, 5) is 21.5. The summed E-state index contributed by atoms with van der Waals surface area (Å²) < 4.78 is 43.2. The predicted molar refractivity (Wildman–Crippen MR) is 63.8 cm³/mol. The van der Waals surface area contributed by atoms with E-state index in [0.29, 0.717) is 6.07 Å². The third-order valence-electron chi connectivity index (χ3n) is 2.51. The molecule has 0 bridgehead atoms. The van der Waals surface area contributed by atoms with Crippen LogP contribution >= 0.6 is 0 Å². The van der Waals surface area contributed by atoms with E-state index in [4.69, 9.17) is 5.73 Å². The summed E-state index contributed by atoms with van der Waals surface area (Å²) in [6, 6.07) is 5.99. The van der Waals surface area contributed by atoms with Gasteiger partial charge in [0.1, 0.15) is 0 Å². The molecule has 0 saturated heterocycles. The summed E-state index contributed by atoms with van der Waals surface area (Å²) >= 11 is 0. The fourth-order valence-electron chi connectivity index (χ4n) is 1.61. The topological polar surface area (TPSA) is 87.2 Å². The average Bonchev–Trinajstić information content (AvgIpc) is 2.83. The monoisotopic (exact) mass is 299 g/mol. The number of carbonyl (C=O) groups excluding carboxylic acids is 2. The number of amides is 1. The first-order valence-corrected chi connectivity index (χ1v) is 5.50. The van der Waals surface area contributed by atoms with Gasteiger partial charge in [-0.3, -0.25) is 9.59 Å². The summed E-state index contributed by atoms with van der Waals surface area (Å²) in [5.74, 6) is -1.18. The van der Waals surface area contributed by atoms with Crippen molar-refractivity contribution in [3.8, 4) is 11.6 Å². The van der Waals surface area contributed by atoms with Crippen molar-refractivity contribution in [1.82, 2.24) is 9.78 Å². The number of halogens is 3. The zero-order valence-corrected chi connectivity index (χ0v) is 10.3. The molecule has 0 saturated carbocycles. The highest BCUT2D eigenvalue weighted by molar-refractivity contribution is 5.93. The second-order valence-corrected chi connectivity index (χ2v) is 3.91. The van der Waals surface area contributed by atoms with E-state index in [1.165, 1.54) is 24.3 Å². The van der Waals surface area contributed by atoms with Crippen LogP contribution in [-0.4, -0.2) is 22.2 Å². The molecule has 0 unspecified atom stereocenters. The lowest BCUT2D eigenvalue weighted by atomic mass is 10.2. The Morgan fingerprint density at radius 2 is 2.05 bits per heavy atom. The normalized spacial score (nSPS) is 11.2. The molecule has 1 aromatic heterocycles. The van der Waals surface area contributed by atoms with Crippen LogP contribution in [0, 0.1) is 0 Å². The van der Waals surface area contributed by atoms with Crippen LogP contribution in [0.2, 0.25) is 0 Å². The number of nitrogens with two attached hydrogens (primary N) is 1. The van der Waals surface area contributed by atoms with Crippen molar-refractivity contribution in [3.05, 3.63) is 41.6 Å². The van der Waals surface area contributed by atoms with Crippen LogP contribution < -0.4 is 10.5 Å². The molecular weight excluding hydrogens is 291 g/mol. The van der Waals surface area contributed by atoms with Crippen LogP contribution in [0.5, 0.6) is 5.88 Å². The highest BCUT2D eigenvalue weighted by Crippen LogP contribution is 2.32. The zero-order chi connectivity index (χ0) is 15.6. The molecule has 0 aliphatic carbocycles. The number of rotatable bonds is 4. The van der Waals surface area contributed by atoms with E-state index >= 15 is 0 Å². The first-order chi connectivity index (χ1) is 9.82. The maximum absolute atomic E-state index is 12.7. The van der Waals surface area contributed by atoms with Crippen molar-refractivity contribution in [3.63, 3.8) is 0 Å². The minimum absolute atomic E-state index is 0.0222. The van der Waals surface area contributed by atoms with E-state index in [-0.39, 0.29) is 17.7 Å². The van der Waals surface area contributed by atoms with Crippen molar-refractivity contribution in [1.29, 1.82) is 0 Å². The molecule has 1 heterocycles. The average molecular weight is 299 g/mol. The molecule has 9 heteroatoms. The Hall–Kier alpha value is -2.84. The molecule has 0 fully saturated rings. The number of nitrogens with zero attached hydrogens (tertiary/aromatic N) is 2. The number of primary amides is 1. The van der Waals surface area contributed by atoms with Crippen LogP contribution in [0.1, 0.15) is 16.1 Å². The Labute approximate surface area is 115 Å². The van der Waals surface area contributed by atoms with Crippen molar-refractivity contribution >= 4 is 12.4 Å². The van der Waals surface area contributed by atoms with Gasteiger partial charge in [0.15, 0.2) is 5.69 Å². The van der Waals surface area contributed by atoms with Gasteiger partial charge in [0.25, 0.3) is 6.47 Å². The summed E-state index contributed by atoms with van der Waals surface area (Å²) in [5, 5.41) is 3.33. The quantitative estimate of drug-likeness (QED) is 0.867. The Kier molecular flexibility index (Phi) is 3.66. The lowest BCUT2D eigenvalue weighted by molar-refractivity contribution is -0.141. The van der Waals surface area contributed by atoms with E-state index in [1.807, 2.05) is 0 Å². The van der Waals surface area contributed by atoms with Gasteiger partial charge >= 0.3 is 6.18 Å². The van der Waals surface area contributed by atoms with Gasteiger partial charge in [-0.15, -0.1) is 0 Å². The number of hydrogen-bond acceptors (Lipinski definition) is 4. The summed E-state index contributed by atoms with van der Waals surface area (Å²) in [6.45, 7) is -0.0222. The van der Waals surface area contributed by atoms with E-state index < -0.39 is 23.7 Å². The summed E-state index contributed by atoms with van der Waals surface area (Å²) in [6.07, 6.45) is -4.70. The second-order valence-electron chi connectivity index (χ2n) is 3.91. The van der Waals surface area contributed by atoms with Crippen molar-refractivity contribution < 1.29 is 27.5 Å². The maximum Gasteiger partial charge on any atom is 0.435 e. The molecule has 1 amide bonds. The van der Waals surface area contributed by atoms with Crippen LogP contribution in [0.4, 0.5) is 13.2 Å². The third-order valence-corrected chi connectivity index (χ3v) is 2.51. The molecule has 0 spiro atoms. The Balaban J connectivity index is 2.56. The molecule has 2 aromatic rings. The lowest BCUT2D eigenvalue weighted by Crippen LogP contribution is -2.12. The van der Waals surface area contributed by atoms with Gasteiger partial charge in [-0.1, -0.05) is 6.07 Å². The smallest absolute Gasteiger partial charge is 0.410 e. The van der Waals surface area contributed by atoms with E-state index in [0.717, 1.165) is 4.68 Å². The molecule has 2 rings (SSSR count). The predicted octanol–water partition coefficient (Wildman–Crippen LogP) is 1.53. The molecular formula is C12H8F3N3O3. The van der Waals surface area contributed by atoms with Gasteiger partial charge < -0.3 is 10.5 Å². The molecule has 110 valence electrons. The molecule has 0 atom stereocenters. The van der Waals surface area contributed by atoms with Crippen LogP contribution in [0.25, 0.3) is 5.69 Å². The lowest BCUT2D eigenvalue weighted by Gasteiger charge is -2.06. The first-order valence-electron chi connectivity index (χ1n) is 5.50. The molecule has 0 radical (unpaired) electrons.